The number of ether oxygens (including phenoxy) is 1. The van der Waals surface area contributed by atoms with Gasteiger partial charge in [0.2, 0.25) is 4.96 Å². The zero-order chi connectivity index (χ0) is 23.7. The van der Waals surface area contributed by atoms with E-state index in [9.17, 15) is 4.79 Å². The van der Waals surface area contributed by atoms with Gasteiger partial charge in [0, 0.05) is 11.6 Å². The standard InChI is InChI=1S/C25H17Cl2N3O3S/c1-2-32-17-7-3-15(4-8-17)5-12-23-28-25-30(29-23)24(31)22(34-25)14-18-9-11-21(33-18)16-6-10-19(26)20(27)13-16/h3-14H,2H2,1H3/b12-5+,22-14-. The molecule has 0 N–H and O–H groups in total. The van der Waals surface area contributed by atoms with Crippen molar-refractivity contribution in [2.24, 2.45) is 0 Å². The Morgan fingerprint density at radius 2 is 1.88 bits per heavy atom. The molecule has 34 heavy (non-hydrogen) atoms. The lowest BCUT2D eigenvalue weighted by molar-refractivity contribution is 0.340. The van der Waals surface area contributed by atoms with Crippen LogP contribution in [-0.4, -0.2) is 21.2 Å². The van der Waals surface area contributed by atoms with Crippen LogP contribution < -0.4 is 14.8 Å². The van der Waals surface area contributed by atoms with E-state index in [2.05, 4.69) is 10.1 Å². The summed E-state index contributed by atoms with van der Waals surface area (Å²) in [6.07, 6.45) is 5.34. The van der Waals surface area contributed by atoms with Crippen molar-refractivity contribution in [1.29, 1.82) is 0 Å². The van der Waals surface area contributed by atoms with Crippen molar-refractivity contribution in [2.75, 3.05) is 6.61 Å². The number of rotatable bonds is 6. The molecule has 3 heterocycles. The Labute approximate surface area is 208 Å². The second-order valence-electron chi connectivity index (χ2n) is 7.25. The van der Waals surface area contributed by atoms with Gasteiger partial charge in [-0.25, -0.2) is 0 Å². The van der Waals surface area contributed by atoms with Gasteiger partial charge in [0.1, 0.15) is 21.8 Å². The normalized spacial score (nSPS) is 12.3. The van der Waals surface area contributed by atoms with Crippen LogP contribution in [0.25, 0.3) is 34.5 Å². The van der Waals surface area contributed by atoms with E-state index in [-0.39, 0.29) is 5.56 Å². The molecule has 0 saturated carbocycles. The molecular weight excluding hydrogens is 493 g/mol. The summed E-state index contributed by atoms with van der Waals surface area (Å²) >= 11 is 13.3. The van der Waals surface area contributed by atoms with E-state index in [1.807, 2.05) is 49.4 Å². The van der Waals surface area contributed by atoms with Gasteiger partial charge in [0.15, 0.2) is 5.82 Å². The van der Waals surface area contributed by atoms with Crippen molar-refractivity contribution in [3.8, 4) is 17.1 Å². The van der Waals surface area contributed by atoms with Crippen molar-refractivity contribution in [3.63, 3.8) is 0 Å². The van der Waals surface area contributed by atoms with Gasteiger partial charge >= 0.3 is 0 Å². The van der Waals surface area contributed by atoms with Gasteiger partial charge in [-0.05, 0) is 61.0 Å². The fourth-order valence-corrected chi connectivity index (χ4v) is 4.49. The maximum absolute atomic E-state index is 12.8. The van der Waals surface area contributed by atoms with E-state index < -0.39 is 0 Å². The zero-order valence-corrected chi connectivity index (χ0v) is 20.2. The topological polar surface area (TPSA) is 69.6 Å². The van der Waals surface area contributed by atoms with Gasteiger partial charge in [0.25, 0.3) is 5.56 Å². The van der Waals surface area contributed by atoms with Crippen LogP contribution in [0.5, 0.6) is 5.75 Å². The molecule has 0 unspecified atom stereocenters. The summed E-state index contributed by atoms with van der Waals surface area (Å²) in [5.74, 6) is 2.45. The van der Waals surface area contributed by atoms with E-state index in [4.69, 9.17) is 32.4 Å². The van der Waals surface area contributed by atoms with Crippen LogP contribution in [0.2, 0.25) is 10.0 Å². The number of thiazole rings is 1. The Kier molecular flexibility index (Phi) is 6.24. The number of hydrogen-bond donors (Lipinski definition) is 0. The average molecular weight is 510 g/mol. The fraction of sp³-hybridized carbons (Fsp3) is 0.0800. The highest BCUT2D eigenvalue weighted by atomic mass is 35.5. The van der Waals surface area contributed by atoms with E-state index in [0.29, 0.717) is 43.5 Å². The summed E-state index contributed by atoms with van der Waals surface area (Å²) in [6, 6.07) is 16.6. The molecular formula is C25H17Cl2N3O3S. The summed E-state index contributed by atoms with van der Waals surface area (Å²) < 4.78 is 13.1. The maximum Gasteiger partial charge on any atom is 0.291 e. The largest absolute Gasteiger partial charge is 0.494 e. The van der Waals surface area contributed by atoms with E-state index in [0.717, 1.165) is 16.9 Å². The second-order valence-corrected chi connectivity index (χ2v) is 9.07. The molecule has 5 aromatic rings. The Balaban J connectivity index is 1.38. The van der Waals surface area contributed by atoms with Crippen LogP contribution >= 0.6 is 34.5 Å². The van der Waals surface area contributed by atoms with Crippen molar-refractivity contribution in [1.82, 2.24) is 14.6 Å². The molecule has 0 amide bonds. The first kappa shape index (κ1) is 22.4. The summed E-state index contributed by atoms with van der Waals surface area (Å²) in [5.41, 5.74) is 1.53. The second kappa shape index (κ2) is 9.46. The number of nitrogens with zero attached hydrogens (tertiary/aromatic N) is 3. The predicted molar refractivity (Wildman–Crippen MR) is 137 cm³/mol. The molecule has 170 valence electrons. The first-order valence-electron chi connectivity index (χ1n) is 10.4. The average Bonchev–Trinajstić information content (AvgIpc) is 3.53. The number of benzene rings is 2. The maximum atomic E-state index is 12.8. The molecule has 0 aliphatic rings. The summed E-state index contributed by atoms with van der Waals surface area (Å²) in [6.45, 7) is 2.57. The number of aromatic nitrogens is 3. The number of fused-ring (bicyclic) bond motifs is 1. The van der Waals surface area contributed by atoms with Gasteiger partial charge in [-0.15, -0.1) is 5.10 Å². The summed E-state index contributed by atoms with van der Waals surface area (Å²) in [7, 11) is 0. The van der Waals surface area contributed by atoms with Gasteiger partial charge in [-0.3, -0.25) is 4.79 Å². The molecule has 2 aromatic carbocycles. The van der Waals surface area contributed by atoms with E-state index >= 15 is 0 Å². The molecule has 0 spiro atoms. The number of hydrogen-bond acceptors (Lipinski definition) is 6. The smallest absolute Gasteiger partial charge is 0.291 e. The lowest BCUT2D eigenvalue weighted by Crippen LogP contribution is -2.23. The Hall–Kier alpha value is -3.39. The first-order chi connectivity index (χ1) is 16.5. The molecule has 3 aromatic heterocycles. The SMILES string of the molecule is CCOc1ccc(/C=C/c2nc3s/c(=C\c4ccc(-c5ccc(Cl)c(Cl)c5)o4)c(=O)n3n2)cc1. The van der Waals surface area contributed by atoms with Crippen LogP contribution in [0.15, 0.2) is 63.8 Å². The molecule has 9 heteroatoms. The molecule has 0 aliphatic heterocycles. The molecule has 5 rings (SSSR count). The lowest BCUT2D eigenvalue weighted by atomic mass is 10.2. The van der Waals surface area contributed by atoms with Crippen molar-refractivity contribution in [2.45, 2.75) is 6.92 Å². The van der Waals surface area contributed by atoms with E-state index in [1.165, 1.54) is 15.9 Å². The monoisotopic (exact) mass is 509 g/mol. The molecule has 0 fully saturated rings. The highest BCUT2D eigenvalue weighted by Crippen LogP contribution is 2.29. The third kappa shape index (κ3) is 4.63. The van der Waals surface area contributed by atoms with Gasteiger partial charge in [-0.2, -0.15) is 9.50 Å². The van der Waals surface area contributed by atoms with Crippen LogP contribution in [0.1, 0.15) is 24.1 Å². The van der Waals surface area contributed by atoms with E-state index in [1.54, 1.807) is 30.4 Å². The highest BCUT2D eigenvalue weighted by Gasteiger charge is 2.11. The molecule has 0 radical (unpaired) electrons. The minimum atomic E-state index is -0.249. The molecule has 0 saturated heterocycles. The van der Waals surface area contributed by atoms with Crippen LogP contribution in [0.3, 0.4) is 0 Å². The Morgan fingerprint density at radius 3 is 2.62 bits per heavy atom. The van der Waals surface area contributed by atoms with Crippen molar-refractivity contribution >= 4 is 57.7 Å². The lowest BCUT2D eigenvalue weighted by Gasteiger charge is -2.01. The third-order valence-corrected chi connectivity index (χ3v) is 6.62. The van der Waals surface area contributed by atoms with Gasteiger partial charge in [0.05, 0.1) is 16.7 Å². The quantitative estimate of drug-likeness (QED) is 0.287. The molecule has 0 bridgehead atoms. The van der Waals surface area contributed by atoms with Crippen LogP contribution in [-0.2, 0) is 0 Å². The minimum Gasteiger partial charge on any atom is -0.494 e. The number of halogens is 2. The third-order valence-electron chi connectivity index (χ3n) is 4.92. The Morgan fingerprint density at radius 1 is 1.06 bits per heavy atom. The molecule has 0 aliphatic carbocycles. The van der Waals surface area contributed by atoms with Crippen molar-refractivity contribution < 1.29 is 9.15 Å². The molecule has 6 nitrogen and oxygen atoms in total. The predicted octanol–water partition coefficient (Wildman–Crippen LogP) is 5.83. The summed E-state index contributed by atoms with van der Waals surface area (Å²) in [5, 5.41) is 5.24. The fourth-order valence-electron chi connectivity index (χ4n) is 3.30. The zero-order valence-electron chi connectivity index (χ0n) is 17.9. The minimum absolute atomic E-state index is 0.249. The van der Waals surface area contributed by atoms with Gasteiger partial charge < -0.3 is 9.15 Å². The van der Waals surface area contributed by atoms with Gasteiger partial charge in [-0.1, -0.05) is 52.7 Å². The Bertz CT molecular complexity index is 1620. The highest BCUT2D eigenvalue weighted by molar-refractivity contribution is 7.15. The van der Waals surface area contributed by atoms with Crippen LogP contribution in [0.4, 0.5) is 0 Å². The summed E-state index contributed by atoms with van der Waals surface area (Å²) in [4.78, 5) is 17.8. The van der Waals surface area contributed by atoms with Crippen molar-refractivity contribution in [3.05, 3.63) is 96.7 Å². The first-order valence-corrected chi connectivity index (χ1v) is 11.9. The van der Waals surface area contributed by atoms with Crippen LogP contribution in [0, 0.1) is 0 Å². The molecule has 0 atom stereocenters. The number of furan rings is 1.